The number of hydrogen-bond donors (Lipinski definition) is 0. The van der Waals surface area contributed by atoms with E-state index in [2.05, 4.69) is 16.1 Å². The van der Waals surface area contributed by atoms with Gasteiger partial charge < -0.3 is 4.90 Å². The molecule has 0 aromatic carbocycles. The van der Waals surface area contributed by atoms with Crippen LogP contribution in [0.5, 0.6) is 0 Å². The Bertz CT molecular complexity index is 915. The first kappa shape index (κ1) is 16.2. The molecule has 0 saturated carbocycles. The van der Waals surface area contributed by atoms with Crippen LogP contribution in [-0.2, 0) is 11.2 Å². The van der Waals surface area contributed by atoms with Gasteiger partial charge in [-0.05, 0) is 39.2 Å². The summed E-state index contributed by atoms with van der Waals surface area (Å²) in [6.45, 7) is 4.78. The van der Waals surface area contributed by atoms with Gasteiger partial charge in [-0.1, -0.05) is 0 Å². The highest BCUT2D eigenvalue weighted by molar-refractivity contribution is 7.09. The first-order chi connectivity index (χ1) is 12.1. The van der Waals surface area contributed by atoms with Crippen molar-refractivity contribution >= 4 is 22.9 Å². The van der Waals surface area contributed by atoms with Gasteiger partial charge in [0, 0.05) is 23.7 Å². The molecule has 0 N–H and O–H groups in total. The standard InChI is InChI=1S/C18H21N5OS/c1-12-9-15(21-17-6-7-19-23(12)17)16-5-3-4-8-22(16)18(24)10-14-11-25-13(2)20-14/h6-7,9,11,16H,3-5,8,10H2,1-2H3. The number of fused-ring (bicyclic) bond motifs is 1. The molecule has 1 amide bonds. The van der Waals surface area contributed by atoms with Crippen molar-refractivity contribution in [1.29, 1.82) is 0 Å². The van der Waals surface area contributed by atoms with Crippen molar-refractivity contribution < 1.29 is 4.79 Å². The van der Waals surface area contributed by atoms with E-state index in [-0.39, 0.29) is 11.9 Å². The molecule has 3 aromatic heterocycles. The van der Waals surface area contributed by atoms with Crippen LogP contribution >= 0.6 is 11.3 Å². The smallest absolute Gasteiger partial charge is 0.229 e. The Morgan fingerprint density at radius 2 is 2.20 bits per heavy atom. The molecule has 0 spiro atoms. The Morgan fingerprint density at radius 3 is 3.00 bits per heavy atom. The Morgan fingerprint density at radius 1 is 1.32 bits per heavy atom. The van der Waals surface area contributed by atoms with E-state index in [9.17, 15) is 4.79 Å². The number of aryl methyl sites for hydroxylation is 2. The first-order valence-corrected chi connectivity index (χ1v) is 9.51. The van der Waals surface area contributed by atoms with Gasteiger partial charge in [0.2, 0.25) is 5.91 Å². The van der Waals surface area contributed by atoms with Crippen molar-refractivity contribution in [2.75, 3.05) is 6.54 Å². The van der Waals surface area contributed by atoms with Crippen molar-refractivity contribution in [3.05, 3.63) is 45.8 Å². The minimum Gasteiger partial charge on any atom is -0.334 e. The SMILES string of the molecule is Cc1nc(CC(=O)N2CCCCC2c2cc(C)n3nccc3n2)cs1. The number of likely N-dealkylation sites (tertiary alicyclic amines) is 1. The summed E-state index contributed by atoms with van der Waals surface area (Å²) in [5, 5.41) is 7.26. The fourth-order valence-electron chi connectivity index (χ4n) is 3.55. The number of piperidine rings is 1. The molecule has 0 bridgehead atoms. The number of carbonyl (C=O) groups excluding carboxylic acids is 1. The van der Waals surface area contributed by atoms with E-state index >= 15 is 0 Å². The summed E-state index contributed by atoms with van der Waals surface area (Å²) in [7, 11) is 0. The van der Waals surface area contributed by atoms with Gasteiger partial charge in [-0.15, -0.1) is 11.3 Å². The fraction of sp³-hybridized carbons (Fsp3) is 0.444. The molecule has 1 unspecified atom stereocenters. The fourth-order valence-corrected chi connectivity index (χ4v) is 4.16. The van der Waals surface area contributed by atoms with Gasteiger partial charge in [0.15, 0.2) is 5.65 Å². The van der Waals surface area contributed by atoms with E-state index < -0.39 is 0 Å². The summed E-state index contributed by atoms with van der Waals surface area (Å²) >= 11 is 1.59. The van der Waals surface area contributed by atoms with Crippen molar-refractivity contribution in [2.24, 2.45) is 0 Å². The molecule has 1 fully saturated rings. The molecule has 1 saturated heterocycles. The number of thiazole rings is 1. The van der Waals surface area contributed by atoms with Crippen LogP contribution in [0.3, 0.4) is 0 Å². The Hall–Kier alpha value is -2.28. The minimum absolute atomic E-state index is 0.0413. The lowest BCUT2D eigenvalue weighted by atomic mass is 9.98. The molecule has 0 aliphatic carbocycles. The molecule has 25 heavy (non-hydrogen) atoms. The number of amides is 1. The Labute approximate surface area is 150 Å². The van der Waals surface area contributed by atoms with Crippen molar-refractivity contribution in [2.45, 2.75) is 45.6 Å². The van der Waals surface area contributed by atoms with Crippen LogP contribution in [0.25, 0.3) is 5.65 Å². The number of carbonyl (C=O) groups is 1. The lowest BCUT2D eigenvalue weighted by Gasteiger charge is -2.35. The maximum absolute atomic E-state index is 12.9. The summed E-state index contributed by atoms with van der Waals surface area (Å²) in [4.78, 5) is 24.1. The van der Waals surface area contributed by atoms with Crippen LogP contribution in [-0.4, -0.2) is 36.9 Å². The largest absolute Gasteiger partial charge is 0.334 e. The minimum atomic E-state index is 0.0413. The van der Waals surface area contributed by atoms with Crippen molar-refractivity contribution in [3.8, 4) is 0 Å². The molecule has 4 heterocycles. The van der Waals surface area contributed by atoms with Gasteiger partial charge >= 0.3 is 0 Å². The highest BCUT2D eigenvalue weighted by Crippen LogP contribution is 2.31. The van der Waals surface area contributed by atoms with Gasteiger partial charge in [0.05, 0.1) is 35.1 Å². The molecule has 7 heteroatoms. The zero-order valence-corrected chi connectivity index (χ0v) is 15.3. The predicted molar refractivity (Wildman–Crippen MR) is 96.6 cm³/mol. The molecule has 4 rings (SSSR count). The molecule has 1 atom stereocenters. The maximum atomic E-state index is 12.9. The highest BCUT2D eigenvalue weighted by atomic mass is 32.1. The molecule has 0 radical (unpaired) electrons. The molecular weight excluding hydrogens is 334 g/mol. The number of rotatable bonds is 3. The second kappa shape index (κ2) is 6.55. The third kappa shape index (κ3) is 3.16. The monoisotopic (exact) mass is 355 g/mol. The molecule has 6 nitrogen and oxygen atoms in total. The van der Waals surface area contributed by atoms with Crippen LogP contribution in [0.4, 0.5) is 0 Å². The van der Waals surface area contributed by atoms with Crippen LogP contribution < -0.4 is 0 Å². The van der Waals surface area contributed by atoms with Crippen LogP contribution in [0.2, 0.25) is 0 Å². The quantitative estimate of drug-likeness (QED) is 0.724. The van der Waals surface area contributed by atoms with Crippen LogP contribution in [0.1, 0.15) is 47.4 Å². The summed E-state index contributed by atoms with van der Waals surface area (Å²) in [6, 6.07) is 4.01. The summed E-state index contributed by atoms with van der Waals surface area (Å²) in [6.07, 6.45) is 5.25. The second-order valence-corrected chi connectivity index (χ2v) is 7.62. The van der Waals surface area contributed by atoms with E-state index in [4.69, 9.17) is 4.98 Å². The first-order valence-electron chi connectivity index (χ1n) is 8.63. The normalized spacial score (nSPS) is 18.0. The van der Waals surface area contributed by atoms with Crippen molar-refractivity contribution in [1.82, 2.24) is 24.5 Å². The van der Waals surface area contributed by atoms with E-state index in [1.807, 2.05) is 34.7 Å². The van der Waals surface area contributed by atoms with Gasteiger partial charge in [-0.3, -0.25) is 4.79 Å². The molecular formula is C18H21N5OS. The number of hydrogen-bond acceptors (Lipinski definition) is 5. The van der Waals surface area contributed by atoms with Gasteiger partial charge in [0.25, 0.3) is 0 Å². The van der Waals surface area contributed by atoms with E-state index in [0.717, 1.165) is 53.5 Å². The third-order valence-electron chi connectivity index (χ3n) is 4.72. The average molecular weight is 355 g/mol. The zero-order valence-electron chi connectivity index (χ0n) is 14.5. The number of nitrogens with zero attached hydrogens (tertiary/aromatic N) is 5. The lowest BCUT2D eigenvalue weighted by Crippen LogP contribution is -2.39. The summed E-state index contributed by atoms with van der Waals surface area (Å²) in [5.74, 6) is 0.142. The van der Waals surface area contributed by atoms with E-state index in [1.54, 1.807) is 17.5 Å². The van der Waals surface area contributed by atoms with E-state index in [0.29, 0.717) is 6.42 Å². The van der Waals surface area contributed by atoms with Gasteiger partial charge in [-0.25, -0.2) is 14.5 Å². The van der Waals surface area contributed by atoms with Crippen LogP contribution in [0.15, 0.2) is 23.7 Å². The molecule has 1 aliphatic heterocycles. The zero-order chi connectivity index (χ0) is 17.4. The van der Waals surface area contributed by atoms with Gasteiger partial charge in [0.1, 0.15) is 0 Å². The molecule has 130 valence electrons. The summed E-state index contributed by atoms with van der Waals surface area (Å²) < 4.78 is 1.83. The van der Waals surface area contributed by atoms with Gasteiger partial charge in [-0.2, -0.15) is 5.10 Å². The molecule has 1 aliphatic rings. The summed E-state index contributed by atoms with van der Waals surface area (Å²) in [5.41, 5.74) is 3.71. The maximum Gasteiger partial charge on any atom is 0.229 e. The molecule has 3 aromatic rings. The predicted octanol–water partition coefficient (Wildman–Crippen LogP) is 3.10. The lowest BCUT2D eigenvalue weighted by molar-refractivity contribution is -0.134. The highest BCUT2D eigenvalue weighted by Gasteiger charge is 2.29. The third-order valence-corrected chi connectivity index (χ3v) is 5.54. The Balaban J connectivity index is 1.62. The second-order valence-electron chi connectivity index (χ2n) is 6.56. The number of aromatic nitrogens is 4. The van der Waals surface area contributed by atoms with E-state index in [1.165, 1.54) is 0 Å². The van der Waals surface area contributed by atoms with Crippen molar-refractivity contribution in [3.63, 3.8) is 0 Å². The van der Waals surface area contributed by atoms with Crippen LogP contribution in [0, 0.1) is 13.8 Å². The topological polar surface area (TPSA) is 63.4 Å². The Kier molecular flexibility index (Phi) is 4.25. The average Bonchev–Trinajstić information content (AvgIpc) is 3.24.